The van der Waals surface area contributed by atoms with Gasteiger partial charge in [0, 0.05) is 47.7 Å². The molecule has 1 aliphatic rings. The minimum atomic E-state index is -0.332. The molecule has 8 heteroatoms. The molecule has 1 fully saturated rings. The third-order valence-electron chi connectivity index (χ3n) is 6.00. The Morgan fingerprint density at radius 3 is 2.29 bits per heavy atom. The second kappa shape index (κ2) is 10.1. The molecule has 1 N–H and O–H groups in total. The smallest absolute Gasteiger partial charge is 0.322 e. The van der Waals surface area contributed by atoms with Crippen LogP contribution in [0.3, 0.4) is 0 Å². The van der Waals surface area contributed by atoms with E-state index in [-0.39, 0.29) is 30.3 Å². The molecule has 34 heavy (non-hydrogen) atoms. The second-order valence-corrected chi connectivity index (χ2v) is 8.21. The van der Waals surface area contributed by atoms with Gasteiger partial charge in [0.15, 0.2) is 5.82 Å². The Balaban J connectivity index is 0.00000274. The zero-order chi connectivity index (χ0) is 22.8. The number of aromatic nitrogens is 2. The van der Waals surface area contributed by atoms with Gasteiger partial charge in [-0.05, 0) is 31.2 Å². The van der Waals surface area contributed by atoms with Gasteiger partial charge in [0.05, 0.1) is 0 Å². The maximum absolute atomic E-state index is 13.1. The average molecular weight is 478 g/mol. The molecular formula is C26H25ClFN5O. The summed E-state index contributed by atoms with van der Waals surface area (Å²) in [6, 6.07) is 23.8. The lowest BCUT2D eigenvalue weighted by Gasteiger charge is -2.40. The second-order valence-electron chi connectivity index (χ2n) is 8.21. The van der Waals surface area contributed by atoms with E-state index < -0.39 is 0 Å². The van der Waals surface area contributed by atoms with Gasteiger partial charge in [0.25, 0.3) is 0 Å². The number of carbonyl (C=O) groups excluding carboxylic acids is 1. The Morgan fingerprint density at radius 1 is 0.912 bits per heavy atom. The lowest BCUT2D eigenvalue weighted by atomic mass is 10.0. The fourth-order valence-corrected chi connectivity index (χ4v) is 4.31. The number of halogens is 2. The molecule has 0 saturated carbocycles. The SMILES string of the molecule is CC1CN(c2nnc(-c3ccccc3)c3ccccc23)CCN1C(=O)Nc1ccc(F)cc1.Cl. The van der Waals surface area contributed by atoms with Crippen molar-refractivity contribution in [2.45, 2.75) is 13.0 Å². The summed E-state index contributed by atoms with van der Waals surface area (Å²) in [5.74, 6) is 0.498. The number of benzene rings is 3. The van der Waals surface area contributed by atoms with Crippen molar-refractivity contribution in [3.63, 3.8) is 0 Å². The minimum absolute atomic E-state index is 0. The van der Waals surface area contributed by atoms with E-state index in [0.29, 0.717) is 25.3 Å². The number of piperazine rings is 1. The van der Waals surface area contributed by atoms with Gasteiger partial charge in [0.1, 0.15) is 11.5 Å². The van der Waals surface area contributed by atoms with Crippen LogP contribution in [-0.2, 0) is 0 Å². The van der Waals surface area contributed by atoms with Crippen LogP contribution in [0, 0.1) is 5.82 Å². The van der Waals surface area contributed by atoms with E-state index in [1.165, 1.54) is 12.1 Å². The zero-order valence-corrected chi connectivity index (χ0v) is 19.5. The summed E-state index contributed by atoms with van der Waals surface area (Å²) in [6.45, 7) is 3.85. The molecular weight excluding hydrogens is 453 g/mol. The first-order chi connectivity index (χ1) is 16.1. The van der Waals surface area contributed by atoms with Crippen LogP contribution in [0.2, 0.25) is 0 Å². The van der Waals surface area contributed by atoms with E-state index in [1.54, 1.807) is 17.0 Å². The van der Waals surface area contributed by atoms with Gasteiger partial charge in [-0.15, -0.1) is 22.6 Å². The van der Waals surface area contributed by atoms with E-state index in [4.69, 9.17) is 0 Å². The largest absolute Gasteiger partial charge is 0.351 e. The monoisotopic (exact) mass is 477 g/mol. The summed E-state index contributed by atoms with van der Waals surface area (Å²) < 4.78 is 13.1. The zero-order valence-electron chi connectivity index (χ0n) is 18.7. The first-order valence-electron chi connectivity index (χ1n) is 11.0. The molecule has 4 aromatic rings. The van der Waals surface area contributed by atoms with E-state index in [1.807, 2.05) is 49.4 Å². The highest BCUT2D eigenvalue weighted by molar-refractivity contribution is 6.00. The van der Waals surface area contributed by atoms with Gasteiger partial charge >= 0.3 is 6.03 Å². The molecule has 2 amide bonds. The first kappa shape index (κ1) is 23.4. The van der Waals surface area contributed by atoms with E-state index in [0.717, 1.165) is 27.8 Å². The van der Waals surface area contributed by atoms with Crippen molar-refractivity contribution < 1.29 is 9.18 Å². The van der Waals surface area contributed by atoms with E-state index in [9.17, 15) is 9.18 Å². The fraction of sp³-hybridized carbons (Fsp3) is 0.192. The van der Waals surface area contributed by atoms with Crippen molar-refractivity contribution in [2.75, 3.05) is 29.9 Å². The Morgan fingerprint density at radius 2 is 1.59 bits per heavy atom. The van der Waals surface area contributed by atoms with Crippen molar-refractivity contribution >= 4 is 40.7 Å². The van der Waals surface area contributed by atoms with Crippen molar-refractivity contribution in [3.8, 4) is 11.3 Å². The van der Waals surface area contributed by atoms with Crippen LogP contribution < -0.4 is 10.2 Å². The summed E-state index contributed by atoms with van der Waals surface area (Å²) in [5.41, 5.74) is 2.47. The average Bonchev–Trinajstić information content (AvgIpc) is 2.85. The number of rotatable bonds is 3. The number of hydrogen-bond donors (Lipinski definition) is 1. The highest BCUT2D eigenvalue weighted by Gasteiger charge is 2.29. The molecule has 3 aromatic carbocycles. The Kier molecular flexibility index (Phi) is 6.93. The maximum Gasteiger partial charge on any atom is 0.322 e. The number of fused-ring (bicyclic) bond motifs is 1. The number of nitrogens with one attached hydrogen (secondary N) is 1. The Bertz CT molecular complexity index is 1290. The number of anilines is 2. The molecule has 0 bridgehead atoms. The van der Waals surface area contributed by atoms with E-state index >= 15 is 0 Å². The molecule has 5 rings (SSSR count). The predicted molar refractivity (Wildman–Crippen MR) is 136 cm³/mol. The van der Waals surface area contributed by atoms with Gasteiger partial charge in [-0.2, -0.15) is 0 Å². The van der Waals surface area contributed by atoms with Crippen molar-refractivity contribution in [2.24, 2.45) is 0 Å². The molecule has 2 heterocycles. The normalized spacial score (nSPS) is 15.6. The topological polar surface area (TPSA) is 61.4 Å². The molecule has 0 spiro atoms. The van der Waals surface area contributed by atoms with Crippen LogP contribution in [0.25, 0.3) is 22.0 Å². The number of amides is 2. The van der Waals surface area contributed by atoms with Gasteiger partial charge < -0.3 is 15.1 Å². The number of hydrogen-bond acceptors (Lipinski definition) is 4. The lowest BCUT2D eigenvalue weighted by molar-refractivity contribution is 0.184. The summed E-state index contributed by atoms with van der Waals surface area (Å²) in [7, 11) is 0. The van der Waals surface area contributed by atoms with Gasteiger partial charge in [-0.3, -0.25) is 0 Å². The van der Waals surface area contributed by atoms with Crippen LogP contribution >= 0.6 is 12.4 Å². The molecule has 174 valence electrons. The summed E-state index contributed by atoms with van der Waals surface area (Å²) in [4.78, 5) is 16.8. The van der Waals surface area contributed by atoms with Gasteiger partial charge in [-0.1, -0.05) is 54.6 Å². The van der Waals surface area contributed by atoms with Crippen LogP contribution in [0.4, 0.5) is 20.7 Å². The molecule has 1 aliphatic heterocycles. The third-order valence-corrected chi connectivity index (χ3v) is 6.00. The Labute approximate surface area is 203 Å². The van der Waals surface area contributed by atoms with Crippen LogP contribution in [0.1, 0.15) is 6.92 Å². The van der Waals surface area contributed by atoms with Crippen LogP contribution in [-0.4, -0.2) is 46.8 Å². The summed E-state index contributed by atoms with van der Waals surface area (Å²) in [6.07, 6.45) is 0. The van der Waals surface area contributed by atoms with E-state index in [2.05, 4.69) is 32.5 Å². The molecule has 0 radical (unpaired) electrons. The van der Waals surface area contributed by atoms with Crippen LogP contribution in [0.15, 0.2) is 78.9 Å². The number of nitrogens with zero attached hydrogens (tertiary/aromatic N) is 4. The summed E-state index contributed by atoms with van der Waals surface area (Å²) in [5, 5.41) is 14.1. The molecule has 1 atom stereocenters. The molecule has 1 unspecified atom stereocenters. The highest BCUT2D eigenvalue weighted by Crippen LogP contribution is 2.32. The van der Waals surface area contributed by atoms with Crippen molar-refractivity contribution in [1.29, 1.82) is 0 Å². The lowest BCUT2D eigenvalue weighted by Crippen LogP contribution is -2.55. The molecule has 6 nitrogen and oxygen atoms in total. The van der Waals surface area contributed by atoms with Gasteiger partial charge in [-0.25, -0.2) is 9.18 Å². The molecule has 1 aromatic heterocycles. The van der Waals surface area contributed by atoms with Crippen molar-refractivity contribution in [3.05, 3.63) is 84.7 Å². The molecule has 1 saturated heterocycles. The minimum Gasteiger partial charge on any atom is -0.351 e. The number of urea groups is 1. The quantitative estimate of drug-likeness (QED) is 0.417. The maximum atomic E-state index is 13.1. The number of carbonyl (C=O) groups is 1. The first-order valence-corrected chi connectivity index (χ1v) is 11.0. The Hall–Kier alpha value is -3.71. The summed E-state index contributed by atoms with van der Waals surface area (Å²) >= 11 is 0. The molecule has 0 aliphatic carbocycles. The standard InChI is InChI=1S/C26H24FN5O.ClH/c1-18-17-31(15-16-32(18)26(33)28-21-13-11-20(27)12-14-21)25-23-10-6-5-9-22(23)24(29-30-25)19-7-3-2-4-8-19;/h2-14,18H,15-17H2,1H3,(H,28,33);1H. The highest BCUT2D eigenvalue weighted by atomic mass is 35.5. The van der Waals surface area contributed by atoms with Crippen LogP contribution in [0.5, 0.6) is 0 Å². The third kappa shape index (κ3) is 4.65. The van der Waals surface area contributed by atoms with Gasteiger partial charge in [0.2, 0.25) is 0 Å². The fourth-order valence-electron chi connectivity index (χ4n) is 4.31. The predicted octanol–water partition coefficient (Wildman–Crippen LogP) is 5.60. The van der Waals surface area contributed by atoms with Crippen molar-refractivity contribution in [1.82, 2.24) is 15.1 Å².